The number of amides is 2. The number of benzene rings is 1. The first-order valence-electron chi connectivity index (χ1n) is 11.3. The summed E-state index contributed by atoms with van der Waals surface area (Å²) in [5, 5.41) is 1.91. The van der Waals surface area contributed by atoms with E-state index in [0.29, 0.717) is 12.2 Å². The molecule has 2 aliphatic rings. The zero-order chi connectivity index (χ0) is 20.9. The van der Waals surface area contributed by atoms with Gasteiger partial charge >= 0.3 is 0 Å². The molecule has 0 bridgehead atoms. The molecule has 1 aromatic carbocycles. The summed E-state index contributed by atoms with van der Waals surface area (Å²) in [5.41, 5.74) is 0.511. The zero-order valence-electron chi connectivity index (χ0n) is 17.9. The van der Waals surface area contributed by atoms with Crippen LogP contribution < -0.4 is 0 Å². The molecule has 3 heterocycles. The number of hydrogen-bond acceptors (Lipinski definition) is 4. The number of likely N-dealkylation sites (tertiary alicyclic amines) is 2. The van der Waals surface area contributed by atoms with Crippen molar-refractivity contribution in [2.75, 3.05) is 39.3 Å². The van der Waals surface area contributed by atoms with E-state index in [-0.39, 0.29) is 17.9 Å². The second-order valence-corrected chi connectivity index (χ2v) is 8.54. The van der Waals surface area contributed by atoms with Crippen LogP contribution in [0.3, 0.4) is 0 Å². The van der Waals surface area contributed by atoms with Crippen molar-refractivity contribution in [3.63, 3.8) is 0 Å². The smallest absolute Gasteiger partial charge is 0.273 e. The third-order valence-corrected chi connectivity index (χ3v) is 6.51. The Hall–Kier alpha value is -2.47. The maximum absolute atomic E-state index is 13.3. The summed E-state index contributed by atoms with van der Waals surface area (Å²) in [5.74, 6) is 0.0747. The molecule has 6 heteroatoms. The second-order valence-electron chi connectivity index (χ2n) is 8.54. The Morgan fingerprint density at radius 3 is 2.67 bits per heavy atom. The molecule has 0 aliphatic carbocycles. The number of carbonyl (C=O) groups is 2. The lowest BCUT2D eigenvalue weighted by Gasteiger charge is -2.40. The Morgan fingerprint density at radius 2 is 1.87 bits per heavy atom. The molecule has 1 atom stereocenters. The number of carbonyl (C=O) groups excluding carboxylic acids is 2. The van der Waals surface area contributed by atoms with E-state index in [4.69, 9.17) is 0 Å². The van der Waals surface area contributed by atoms with Gasteiger partial charge in [0.05, 0.1) is 0 Å². The number of aromatic nitrogens is 1. The van der Waals surface area contributed by atoms with Crippen LogP contribution in [0.4, 0.5) is 0 Å². The zero-order valence-corrected chi connectivity index (χ0v) is 17.9. The van der Waals surface area contributed by atoms with Gasteiger partial charge in [0.15, 0.2) is 0 Å². The SMILES string of the molecule is CC(=O)N(CCN1CCCCC1)C1CCCN(C(=O)c2nccc3ccccc23)C1. The van der Waals surface area contributed by atoms with E-state index in [0.717, 1.165) is 56.3 Å². The summed E-state index contributed by atoms with van der Waals surface area (Å²) in [6, 6.07) is 9.89. The number of pyridine rings is 1. The van der Waals surface area contributed by atoms with Crippen molar-refractivity contribution in [2.24, 2.45) is 0 Å². The topological polar surface area (TPSA) is 56.8 Å². The summed E-state index contributed by atoms with van der Waals surface area (Å²) >= 11 is 0. The summed E-state index contributed by atoms with van der Waals surface area (Å²) in [6.07, 6.45) is 7.39. The van der Waals surface area contributed by atoms with Gasteiger partial charge in [0.1, 0.15) is 5.69 Å². The average Bonchev–Trinajstić information content (AvgIpc) is 2.79. The maximum atomic E-state index is 13.3. The molecule has 0 saturated carbocycles. The largest absolute Gasteiger partial charge is 0.337 e. The normalized spacial score (nSPS) is 20.3. The van der Waals surface area contributed by atoms with Crippen LogP contribution in [0.25, 0.3) is 10.8 Å². The average molecular weight is 409 g/mol. The molecule has 2 aromatic rings. The molecule has 2 aliphatic heterocycles. The fraction of sp³-hybridized carbons (Fsp3) is 0.542. The Morgan fingerprint density at radius 1 is 1.07 bits per heavy atom. The van der Waals surface area contributed by atoms with Gasteiger partial charge < -0.3 is 14.7 Å². The van der Waals surface area contributed by atoms with Gasteiger partial charge in [-0.2, -0.15) is 0 Å². The van der Waals surface area contributed by atoms with Gasteiger partial charge in [-0.3, -0.25) is 14.6 Å². The standard InChI is InChI=1S/C24H32N4O2/c1-19(29)28(17-16-26-13-5-2-6-14-26)21-9-7-15-27(18-21)24(30)23-22-10-4-3-8-20(22)11-12-25-23/h3-4,8,10-12,21H,2,5-7,9,13-18H2,1H3. The fourth-order valence-electron chi connectivity index (χ4n) is 4.86. The molecule has 6 nitrogen and oxygen atoms in total. The third kappa shape index (κ3) is 4.64. The highest BCUT2D eigenvalue weighted by Crippen LogP contribution is 2.22. The van der Waals surface area contributed by atoms with Crippen LogP contribution in [0.5, 0.6) is 0 Å². The quantitative estimate of drug-likeness (QED) is 0.763. The van der Waals surface area contributed by atoms with Crippen LogP contribution in [-0.2, 0) is 4.79 Å². The van der Waals surface area contributed by atoms with Crippen molar-refractivity contribution in [3.8, 4) is 0 Å². The Kier molecular flexibility index (Phi) is 6.62. The molecule has 2 saturated heterocycles. The minimum absolute atomic E-state index is 0.0315. The van der Waals surface area contributed by atoms with E-state index in [1.165, 1.54) is 19.3 Å². The van der Waals surface area contributed by atoms with Crippen LogP contribution in [0.15, 0.2) is 36.5 Å². The van der Waals surface area contributed by atoms with Gasteiger partial charge in [0, 0.05) is 50.7 Å². The Labute approximate surface area is 178 Å². The summed E-state index contributed by atoms with van der Waals surface area (Å²) in [6.45, 7) is 6.90. The monoisotopic (exact) mass is 408 g/mol. The number of rotatable bonds is 5. The number of fused-ring (bicyclic) bond motifs is 1. The predicted octanol–water partition coefficient (Wildman–Crippen LogP) is 3.17. The molecule has 4 rings (SSSR count). The van der Waals surface area contributed by atoms with Gasteiger partial charge in [-0.05, 0) is 50.2 Å². The molecule has 1 aromatic heterocycles. The van der Waals surface area contributed by atoms with Crippen LogP contribution in [0.2, 0.25) is 0 Å². The van der Waals surface area contributed by atoms with Crippen molar-refractivity contribution in [1.29, 1.82) is 0 Å². The van der Waals surface area contributed by atoms with Crippen molar-refractivity contribution < 1.29 is 9.59 Å². The summed E-state index contributed by atoms with van der Waals surface area (Å²) in [4.78, 5) is 36.5. The first-order valence-corrected chi connectivity index (χ1v) is 11.3. The van der Waals surface area contributed by atoms with Gasteiger partial charge in [-0.15, -0.1) is 0 Å². The highest BCUT2D eigenvalue weighted by molar-refractivity contribution is 6.05. The van der Waals surface area contributed by atoms with E-state index in [1.807, 2.05) is 40.1 Å². The highest BCUT2D eigenvalue weighted by atomic mass is 16.2. The lowest BCUT2D eigenvalue weighted by molar-refractivity contribution is -0.132. The van der Waals surface area contributed by atoms with E-state index >= 15 is 0 Å². The lowest BCUT2D eigenvalue weighted by atomic mass is 10.0. The van der Waals surface area contributed by atoms with Crippen LogP contribution in [-0.4, -0.2) is 76.8 Å². The van der Waals surface area contributed by atoms with Crippen LogP contribution >= 0.6 is 0 Å². The maximum Gasteiger partial charge on any atom is 0.273 e. The summed E-state index contributed by atoms with van der Waals surface area (Å²) < 4.78 is 0. The lowest BCUT2D eigenvalue weighted by Crippen LogP contribution is -2.53. The summed E-state index contributed by atoms with van der Waals surface area (Å²) in [7, 11) is 0. The van der Waals surface area contributed by atoms with Crippen LogP contribution in [0.1, 0.15) is 49.5 Å². The van der Waals surface area contributed by atoms with Crippen molar-refractivity contribution >= 4 is 22.6 Å². The van der Waals surface area contributed by atoms with Gasteiger partial charge in [0.25, 0.3) is 5.91 Å². The van der Waals surface area contributed by atoms with Crippen molar-refractivity contribution in [2.45, 2.75) is 45.1 Å². The first-order chi connectivity index (χ1) is 14.6. The highest BCUT2D eigenvalue weighted by Gasteiger charge is 2.31. The molecule has 1 unspecified atom stereocenters. The Balaban J connectivity index is 1.45. The van der Waals surface area contributed by atoms with Gasteiger partial charge in [0.2, 0.25) is 5.91 Å². The van der Waals surface area contributed by atoms with E-state index in [1.54, 1.807) is 13.1 Å². The molecule has 160 valence electrons. The molecule has 2 amide bonds. The number of nitrogens with zero attached hydrogens (tertiary/aromatic N) is 4. The molecule has 0 radical (unpaired) electrons. The first kappa shape index (κ1) is 20.8. The van der Waals surface area contributed by atoms with E-state index in [9.17, 15) is 9.59 Å². The molecular weight excluding hydrogens is 376 g/mol. The third-order valence-electron chi connectivity index (χ3n) is 6.51. The molecule has 0 N–H and O–H groups in total. The molecule has 2 fully saturated rings. The minimum Gasteiger partial charge on any atom is -0.337 e. The number of piperidine rings is 2. The van der Waals surface area contributed by atoms with Crippen molar-refractivity contribution in [1.82, 2.24) is 19.7 Å². The van der Waals surface area contributed by atoms with Gasteiger partial charge in [-0.1, -0.05) is 30.7 Å². The molecule has 30 heavy (non-hydrogen) atoms. The van der Waals surface area contributed by atoms with Gasteiger partial charge in [-0.25, -0.2) is 0 Å². The van der Waals surface area contributed by atoms with E-state index in [2.05, 4.69) is 9.88 Å². The van der Waals surface area contributed by atoms with Crippen molar-refractivity contribution in [3.05, 3.63) is 42.2 Å². The predicted molar refractivity (Wildman–Crippen MR) is 118 cm³/mol. The van der Waals surface area contributed by atoms with E-state index < -0.39 is 0 Å². The van der Waals surface area contributed by atoms with Crippen LogP contribution in [0, 0.1) is 0 Å². The fourth-order valence-corrected chi connectivity index (χ4v) is 4.86. The minimum atomic E-state index is -0.0315. The number of hydrogen-bond donors (Lipinski definition) is 0. The second kappa shape index (κ2) is 9.56. The molecular formula is C24H32N4O2. The molecule has 0 spiro atoms. The Bertz CT molecular complexity index is 888.